The Balaban J connectivity index is 3.17. The standard InChI is InChI=1S/C10H7Cl3F3NO3/c1-19-8(18)17-7-3-2-5(20-10(14,15)16)4-6(7)9(11,12)13/h2-4H,1H3,(H,17,18). The second kappa shape index (κ2) is 6.15. The molecule has 0 unspecified atom stereocenters. The number of ether oxygens (including phenoxy) is 2. The predicted octanol–water partition coefficient (Wildman–Crippen LogP) is 4.59. The van der Waals surface area contributed by atoms with Crippen LogP contribution in [0.2, 0.25) is 0 Å². The van der Waals surface area contributed by atoms with Crippen molar-refractivity contribution in [1.29, 1.82) is 0 Å². The van der Waals surface area contributed by atoms with Gasteiger partial charge >= 0.3 is 12.5 Å². The van der Waals surface area contributed by atoms with E-state index in [1.165, 1.54) is 0 Å². The van der Waals surface area contributed by atoms with Gasteiger partial charge in [0, 0.05) is 5.56 Å². The average Bonchev–Trinajstić information content (AvgIpc) is 2.27. The Bertz CT molecular complexity index is 503. The summed E-state index contributed by atoms with van der Waals surface area (Å²) in [6, 6.07) is 2.90. The van der Waals surface area contributed by atoms with Gasteiger partial charge in [0.15, 0.2) is 0 Å². The molecule has 0 saturated carbocycles. The minimum atomic E-state index is -4.89. The second-order valence-corrected chi connectivity index (χ2v) is 5.65. The molecule has 1 rings (SSSR count). The summed E-state index contributed by atoms with van der Waals surface area (Å²) < 4.78 is 42.3. The van der Waals surface area contributed by atoms with Gasteiger partial charge in [-0.15, -0.1) is 13.2 Å². The predicted molar refractivity (Wildman–Crippen MR) is 68.4 cm³/mol. The van der Waals surface area contributed by atoms with Crippen LogP contribution in [0.15, 0.2) is 18.2 Å². The Kier molecular flexibility index (Phi) is 5.23. The fourth-order valence-electron chi connectivity index (χ4n) is 1.23. The number of methoxy groups -OCH3 is 1. The number of hydrogen-bond acceptors (Lipinski definition) is 3. The fourth-order valence-corrected chi connectivity index (χ4v) is 1.69. The fraction of sp³-hybridized carbons (Fsp3) is 0.300. The van der Waals surface area contributed by atoms with Gasteiger partial charge in [0.1, 0.15) is 5.75 Å². The van der Waals surface area contributed by atoms with Crippen LogP contribution < -0.4 is 10.1 Å². The number of rotatable bonds is 2. The van der Waals surface area contributed by atoms with Crippen molar-refractivity contribution in [2.24, 2.45) is 0 Å². The van der Waals surface area contributed by atoms with Gasteiger partial charge < -0.3 is 9.47 Å². The average molecular weight is 353 g/mol. The molecule has 0 aliphatic rings. The minimum Gasteiger partial charge on any atom is -0.453 e. The number of hydrogen-bond donors (Lipinski definition) is 1. The minimum absolute atomic E-state index is 0.0219. The summed E-state index contributed by atoms with van der Waals surface area (Å²) in [5.41, 5.74) is -0.221. The maximum absolute atomic E-state index is 12.1. The Morgan fingerprint density at radius 3 is 2.30 bits per heavy atom. The molecule has 1 amide bonds. The maximum atomic E-state index is 12.1. The van der Waals surface area contributed by atoms with Crippen LogP contribution in [0.5, 0.6) is 5.75 Å². The first-order valence-corrected chi connectivity index (χ1v) is 5.98. The van der Waals surface area contributed by atoms with Gasteiger partial charge in [0.2, 0.25) is 3.79 Å². The first kappa shape index (κ1) is 17.0. The molecule has 0 atom stereocenters. The summed E-state index contributed by atoms with van der Waals surface area (Å²) in [5, 5.41) is 2.21. The zero-order chi connectivity index (χ0) is 15.6. The Labute approximate surface area is 126 Å². The number of anilines is 1. The van der Waals surface area contributed by atoms with E-state index in [-0.39, 0.29) is 11.3 Å². The lowest BCUT2D eigenvalue weighted by Gasteiger charge is -2.18. The summed E-state index contributed by atoms with van der Waals surface area (Å²) in [6.45, 7) is 0. The second-order valence-electron chi connectivity index (χ2n) is 3.37. The summed E-state index contributed by atoms with van der Waals surface area (Å²) in [7, 11) is 1.10. The summed E-state index contributed by atoms with van der Waals surface area (Å²) >= 11 is 16.9. The first-order valence-electron chi connectivity index (χ1n) is 4.85. The van der Waals surface area contributed by atoms with E-state index in [1.54, 1.807) is 0 Å². The summed E-state index contributed by atoms with van der Waals surface area (Å²) in [6.07, 6.45) is -5.76. The number of alkyl halides is 6. The summed E-state index contributed by atoms with van der Waals surface area (Å²) in [4.78, 5) is 11.1. The van der Waals surface area contributed by atoms with E-state index in [0.29, 0.717) is 0 Å². The van der Waals surface area contributed by atoms with E-state index >= 15 is 0 Å². The summed E-state index contributed by atoms with van der Waals surface area (Å²) in [5.74, 6) is -0.589. The molecule has 0 aliphatic carbocycles. The van der Waals surface area contributed by atoms with E-state index in [4.69, 9.17) is 34.8 Å². The quantitative estimate of drug-likeness (QED) is 0.792. The SMILES string of the molecule is COC(=O)Nc1ccc(OC(F)(F)F)cc1C(Cl)(Cl)Cl. The monoisotopic (exact) mass is 351 g/mol. The molecule has 0 aliphatic heterocycles. The molecule has 1 aromatic rings. The highest BCUT2D eigenvalue weighted by Gasteiger charge is 2.33. The normalized spacial score (nSPS) is 11.9. The number of carbonyl (C=O) groups excluding carboxylic acids is 1. The highest BCUT2D eigenvalue weighted by molar-refractivity contribution is 6.67. The molecule has 0 bridgehead atoms. The van der Waals surface area contributed by atoms with Crippen LogP contribution in [-0.4, -0.2) is 19.6 Å². The van der Waals surface area contributed by atoms with Gasteiger partial charge in [0.25, 0.3) is 0 Å². The van der Waals surface area contributed by atoms with E-state index in [0.717, 1.165) is 25.3 Å². The van der Waals surface area contributed by atoms with Crippen molar-refractivity contribution in [1.82, 2.24) is 0 Å². The molecule has 0 aromatic heterocycles. The van der Waals surface area contributed by atoms with Gasteiger partial charge in [-0.25, -0.2) is 4.79 Å². The van der Waals surface area contributed by atoms with Crippen LogP contribution in [-0.2, 0) is 8.53 Å². The van der Waals surface area contributed by atoms with E-state index in [2.05, 4.69) is 14.8 Å². The third-order valence-electron chi connectivity index (χ3n) is 1.95. The van der Waals surface area contributed by atoms with Crippen LogP contribution in [0.1, 0.15) is 5.56 Å². The van der Waals surface area contributed by atoms with Crippen molar-refractivity contribution < 1.29 is 27.4 Å². The largest absolute Gasteiger partial charge is 0.573 e. The van der Waals surface area contributed by atoms with Crippen molar-refractivity contribution in [2.45, 2.75) is 10.2 Å². The van der Waals surface area contributed by atoms with Gasteiger partial charge in [-0.3, -0.25) is 5.32 Å². The zero-order valence-electron chi connectivity index (χ0n) is 9.72. The topological polar surface area (TPSA) is 47.6 Å². The maximum Gasteiger partial charge on any atom is 0.573 e. The van der Waals surface area contributed by atoms with E-state index in [1.807, 2.05) is 0 Å². The van der Waals surface area contributed by atoms with Crippen molar-refractivity contribution in [3.63, 3.8) is 0 Å². The third kappa shape index (κ3) is 5.15. The molecule has 1 aromatic carbocycles. The van der Waals surface area contributed by atoms with Crippen molar-refractivity contribution in [3.05, 3.63) is 23.8 Å². The molecule has 0 saturated heterocycles. The molecule has 1 N–H and O–H groups in total. The molecular weight excluding hydrogens is 345 g/mol. The number of nitrogens with one attached hydrogen (secondary N) is 1. The number of carbonyl (C=O) groups is 1. The van der Waals surface area contributed by atoms with Crippen LogP contribution >= 0.6 is 34.8 Å². The first-order chi connectivity index (χ1) is 9.03. The Morgan fingerprint density at radius 2 is 1.85 bits per heavy atom. The van der Waals surface area contributed by atoms with Gasteiger partial charge in [0.05, 0.1) is 12.8 Å². The van der Waals surface area contributed by atoms with Crippen molar-refractivity contribution in [2.75, 3.05) is 12.4 Å². The highest BCUT2D eigenvalue weighted by Crippen LogP contribution is 2.44. The lowest BCUT2D eigenvalue weighted by Crippen LogP contribution is -2.19. The number of halogens is 6. The molecule has 0 spiro atoms. The lowest BCUT2D eigenvalue weighted by atomic mass is 10.2. The highest BCUT2D eigenvalue weighted by atomic mass is 35.6. The van der Waals surface area contributed by atoms with Crippen LogP contribution in [0.4, 0.5) is 23.7 Å². The van der Waals surface area contributed by atoms with Gasteiger partial charge in [-0.05, 0) is 18.2 Å². The molecule has 0 radical (unpaired) electrons. The molecule has 20 heavy (non-hydrogen) atoms. The molecule has 10 heteroatoms. The molecule has 112 valence electrons. The van der Waals surface area contributed by atoms with E-state index < -0.39 is 22.0 Å². The molecule has 4 nitrogen and oxygen atoms in total. The number of benzene rings is 1. The van der Waals surface area contributed by atoms with Crippen LogP contribution in [0, 0.1) is 0 Å². The zero-order valence-corrected chi connectivity index (χ0v) is 12.0. The van der Waals surface area contributed by atoms with Crippen molar-refractivity contribution >= 4 is 46.6 Å². The van der Waals surface area contributed by atoms with Crippen molar-refractivity contribution in [3.8, 4) is 5.75 Å². The molecule has 0 heterocycles. The van der Waals surface area contributed by atoms with Gasteiger partial charge in [-0.1, -0.05) is 34.8 Å². The smallest absolute Gasteiger partial charge is 0.453 e. The Morgan fingerprint density at radius 1 is 1.25 bits per heavy atom. The molecule has 0 fully saturated rings. The Hall–Kier alpha value is -1.05. The lowest BCUT2D eigenvalue weighted by molar-refractivity contribution is -0.274. The van der Waals surface area contributed by atoms with Gasteiger partial charge in [-0.2, -0.15) is 0 Å². The third-order valence-corrected chi connectivity index (χ3v) is 2.56. The molecular formula is C10H7Cl3F3NO3. The number of amides is 1. The van der Waals surface area contributed by atoms with Crippen LogP contribution in [0.3, 0.4) is 0 Å². The van der Waals surface area contributed by atoms with Crippen LogP contribution in [0.25, 0.3) is 0 Å². The van der Waals surface area contributed by atoms with E-state index in [9.17, 15) is 18.0 Å².